The molecule has 0 N–H and O–H groups in total. The molecule has 2 atom stereocenters. The van der Waals surface area contributed by atoms with Crippen LogP contribution in [-0.2, 0) is 9.53 Å². The summed E-state index contributed by atoms with van der Waals surface area (Å²) >= 11 is 0. The predicted octanol–water partition coefficient (Wildman–Crippen LogP) is 0.00328. The minimum atomic E-state index is -0.241. The summed E-state index contributed by atoms with van der Waals surface area (Å²) in [6.07, 6.45) is 0.597. The van der Waals surface area contributed by atoms with Gasteiger partial charge in [0.25, 0.3) is 0 Å². The fraction of sp³-hybridized carbons (Fsp3) is 0.750. The number of rotatable bonds is 1. The average Bonchev–Trinajstić information content (AvgIpc) is 2.45. The predicted molar refractivity (Wildman–Crippen MR) is 42.2 cm³/mol. The molecule has 0 aliphatic carbocycles. The fourth-order valence-corrected chi connectivity index (χ4v) is 1.50. The highest BCUT2D eigenvalue weighted by molar-refractivity contribution is 5.76. The first-order chi connectivity index (χ1) is 5.69. The molecule has 1 fully saturated rings. The van der Waals surface area contributed by atoms with E-state index in [2.05, 4.69) is 10.8 Å². The summed E-state index contributed by atoms with van der Waals surface area (Å²) < 4.78 is 4.61. The molecule has 0 aromatic heterocycles. The van der Waals surface area contributed by atoms with Crippen molar-refractivity contribution < 1.29 is 9.53 Å². The summed E-state index contributed by atoms with van der Waals surface area (Å²) in [6.45, 7) is 0.663. The van der Waals surface area contributed by atoms with Gasteiger partial charge in [0.2, 0.25) is 0 Å². The molecule has 0 saturated carbocycles. The highest BCUT2D eigenvalue weighted by Crippen LogP contribution is 2.21. The summed E-state index contributed by atoms with van der Waals surface area (Å²) in [5.41, 5.74) is 0. The van der Waals surface area contributed by atoms with Crippen LogP contribution in [0.5, 0.6) is 0 Å². The van der Waals surface area contributed by atoms with Gasteiger partial charge in [-0.15, -0.1) is 0 Å². The fourth-order valence-electron chi connectivity index (χ4n) is 1.50. The van der Waals surface area contributed by atoms with Gasteiger partial charge in [-0.1, -0.05) is 0 Å². The number of hydrogen-bond acceptors (Lipinski definition) is 4. The first kappa shape index (κ1) is 9.01. The summed E-state index contributed by atoms with van der Waals surface area (Å²) in [6, 6.07) is 1.93. The van der Waals surface area contributed by atoms with Crippen molar-refractivity contribution in [2.24, 2.45) is 5.92 Å². The highest BCUT2D eigenvalue weighted by Gasteiger charge is 2.34. The van der Waals surface area contributed by atoms with E-state index in [-0.39, 0.29) is 17.9 Å². The average molecular weight is 168 g/mol. The molecule has 1 saturated heterocycles. The van der Waals surface area contributed by atoms with E-state index >= 15 is 0 Å². The van der Waals surface area contributed by atoms with Crippen LogP contribution in [0.15, 0.2) is 0 Å². The van der Waals surface area contributed by atoms with Crippen molar-refractivity contribution in [2.45, 2.75) is 12.5 Å². The Labute approximate surface area is 71.7 Å². The molecule has 1 aliphatic heterocycles. The molecule has 66 valence electrons. The van der Waals surface area contributed by atoms with Gasteiger partial charge in [0.15, 0.2) is 0 Å². The van der Waals surface area contributed by atoms with E-state index in [0.29, 0.717) is 13.0 Å². The van der Waals surface area contributed by atoms with E-state index < -0.39 is 0 Å². The second-order valence-electron chi connectivity index (χ2n) is 3.04. The first-order valence-electron chi connectivity index (χ1n) is 3.86. The van der Waals surface area contributed by atoms with Crippen molar-refractivity contribution in [3.63, 3.8) is 0 Å². The van der Waals surface area contributed by atoms with E-state index in [1.54, 1.807) is 0 Å². The van der Waals surface area contributed by atoms with Crippen molar-refractivity contribution in [3.05, 3.63) is 0 Å². The van der Waals surface area contributed by atoms with Gasteiger partial charge in [0.05, 0.1) is 19.1 Å². The number of nitriles is 1. The van der Waals surface area contributed by atoms with Crippen LogP contribution < -0.4 is 0 Å². The van der Waals surface area contributed by atoms with Crippen molar-refractivity contribution in [3.8, 4) is 6.07 Å². The third-order valence-electron chi connectivity index (χ3n) is 2.20. The Morgan fingerprint density at radius 3 is 2.83 bits per heavy atom. The molecule has 4 heteroatoms. The van der Waals surface area contributed by atoms with E-state index in [1.807, 2.05) is 11.9 Å². The van der Waals surface area contributed by atoms with Gasteiger partial charge >= 0.3 is 5.97 Å². The summed E-state index contributed by atoms with van der Waals surface area (Å²) in [5.74, 6) is -0.269. The van der Waals surface area contributed by atoms with E-state index in [0.717, 1.165) is 0 Å². The van der Waals surface area contributed by atoms with Crippen LogP contribution in [0.2, 0.25) is 0 Å². The van der Waals surface area contributed by atoms with E-state index in [1.165, 1.54) is 7.11 Å². The number of likely N-dealkylation sites (N-methyl/N-ethyl adjacent to an activating group) is 1. The number of likely N-dealkylation sites (tertiary alicyclic amines) is 1. The van der Waals surface area contributed by atoms with E-state index in [4.69, 9.17) is 5.26 Å². The largest absolute Gasteiger partial charge is 0.468 e. The van der Waals surface area contributed by atoms with Gasteiger partial charge in [0.1, 0.15) is 6.04 Å². The maximum Gasteiger partial charge on any atom is 0.323 e. The first-order valence-corrected chi connectivity index (χ1v) is 3.86. The van der Waals surface area contributed by atoms with Crippen LogP contribution in [0.25, 0.3) is 0 Å². The Bertz CT molecular complexity index is 222. The van der Waals surface area contributed by atoms with Crippen LogP contribution in [-0.4, -0.2) is 37.6 Å². The topological polar surface area (TPSA) is 53.3 Å². The zero-order valence-electron chi connectivity index (χ0n) is 7.28. The number of ether oxygens (including phenoxy) is 1. The van der Waals surface area contributed by atoms with Crippen molar-refractivity contribution in [1.29, 1.82) is 5.26 Å². The number of esters is 1. The molecule has 1 rings (SSSR count). The lowest BCUT2D eigenvalue weighted by Crippen LogP contribution is -2.33. The standard InChI is InChI=1S/C8H12N2O2/c1-10-5-6(4-9)3-7(10)8(11)12-2/h6-7H,3,5H2,1-2H3/t6-,7+/m1/s1. The second kappa shape index (κ2) is 3.55. The minimum Gasteiger partial charge on any atom is -0.468 e. The van der Waals surface area contributed by atoms with Gasteiger partial charge in [-0.2, -0.15) is 5.26 Å². The smallest absolute Gasteiger partial charge is 0.323 e. The van der Waals surface area contributed by atoms with Gasteiger partial charge < -0.3 is 4.74 Å². The monoisotopic (exact) mass is 168 g/mol. The Kier molecular flexibility index (Phi) is 2.66. The van der Waals surface area contributed by atoms with Gasteiger partial charge in [-0.05, 0) is 13.5 Å². The van der Waals surface area contributed by atoms with Crippen LogP contribution in [0.4, 0.5) is 0 Å². The zero-order chi connectivity index (χ0) is 9.14. The van der Waals surface area contributed by atoms with Crippen molar-refractivity contribution >= 4 is 5.97 Å². The van der Waals surface area contributed by atoms with Gasteiger partial charge in [-0.25, -0.2) is 0 Å². The Morgan fingerprint density at radius 1 is 1.75 bits per heavy atom. The van der Waals surface area contributed by atoms with Crippen molar-refractivity contribution in [1.82, 2.24) is 4.90 Å². The van der Waals surface area contributed by atoms with Gasteiger partial charge in [-0.3, -0.25) is 9.69 Å². The quantitative estimate of drug-likeness (QED) is 0.517. The van der Waals surface area contributed by atoms with Crippen LogP contribution in [0.3, 0.4) is 0 Å². The molecule has 0 aromatic carbocycles. The van der Waals surface area contributed by atoms with Crippen LogP contribution >= 0.6 is 0 Å². The molecule has 1 heterocycles. The van der Waals surface area contributed by atoms with Gasteiger partial charge in [0, 0.05) is 6.54 Å². The summed E-state index contributed by atoms with van der Waals surface area (Å²) in [7, 11) is 3.20. The molecule has 0 unspecified atom stereocenters. The molecule has 1 aliphatic rings. The van der Waals surface area contributed by atoms with E-state index in [9.17, 15) is 4.79 Å². The molecule has 12 heavy (non-hydrogen) atoms. The maximum absolute atomic E-state index is 11.1. The lowest BCUT2D eigenvalue weighted by Gasteiger charge is -2.15. The third-order valence-corrected chi connectivity index (χ3v) is 2.20. The maximum atomic E-state index is 11.1. The molecule has 0 radical (unpaired) electrons. The summed E-state index contributed by atoms with van der Waals surface area (Å²) in [4.78, 5) is 13.0. The SMILES string of the molecule is COC(=O)[C@@H]1C[C@H](C#N)CN1C. The molecular formula is C8H12N2O2. The Morgan fingerprint density at radius 2 is 2.42 bits per heavy atom. The second-order valence-corrected chi connectivity index (χ2v) is 3.04. The molecular weight excluding hydrogens is 156 g/mol. The number of carbonyl (C=O) groups is 1. The lowest BCUT2D eigenvalue weighted by atomic mass is 10.1. The minimum absolute atomic E-state index is 0.0286. The molecule has 0 bridgehead atoms. The molecule has 4 nitrogen and oxygen atoms in total. The molecule has 0 spiro atoms. The van der Waals surface area contributed by atoms with Crippen LogP contribution in [0, 0.1) is 17.2 Å². The third kappa shape index (κ3) is 1.56. The Balaban J connectivity index is 2.58. The number of nitrogens with zero attached hydrogens (tertiary/aromatic N) is 2. The number of methoxy groups -OCH3 is 1. The normalized spacial score (nSPS) is 29.8. The van der Waals surface area contributed by atoms with Crippen LogP contribution in [0.1, 0.15) is 6.42 Å². The summed E-state index contributed by atoms with van der Waals surface area (Å²) in [5, 5.41) is 8.63. The molecule has 0 amide bonds. The van der Waals surface area contributed by atoms with Crippen molar-refractivity contribution in [2.75, 3.05) is 20.7 Å². The molecule has 0 aromatic rings. The lowest BCUT2D eigenvalue weighted by molar-refractivity contribution is -0.145. The number of hydrogen-bond donors (Lipinski definition) is 0. The number of carbonyl (C=O) groups excluding carboxylic acids is 1. The highest BCUT2D eigenvalue weighted by atomic mass is 16.5. The zero-order valence-corrected chi connectivity index (χ0v) is 7.28. The Hall–Kier alpha value is -1.08.